The molecule has 31 heavy (non-hydrogen) atoms. The van der Waals surface area contributed by atoms with Gasteiger partial charge in [-0.15, -0.1) is 0 Å². The van der Waals surface area contributed by atoms with E-state index >= 15 is 0 Å². The zero-order valence-corrected chi connectivity index (χ0v) is 18.8. The topological polar surface area (TPSA) is 65.1 Å². The number of rotatable bonds is 6. The Hall–Kier alpha value is -1.98. The Kier molecular flexibility index (Phi) is 5.30. The van der Waals surface area contributed by atoms with Crippen molar-refractivity contribution in [3.63, 3.8) is 0 Å². The minimum atomic E-state index is -3.88. The van der Waals surface area contributed by atoms with Gasteiger partial charge in [0.1, 0.15) is 5.75 Å². The summed E-state index contributed by atoms with van der Waals surface area (Å²) in [6, 6.07) is 17.4. The fraction of sp³-hybridized carbons (Fsp3) is 0.458. The second-order valence-corrected chi connectivity index (χ2v) is 10.6. The molecule has 2 fully saturated rings. The first kappa shape index (κ1) is 20.9. The van der Waals surface area contributed by atoms with Crippen LogP contribution in [0.5, 0.6) is 5.75 Å². The second kappa shape index (κ2) is 7.86. The summed E-state index contributed by atoms with van der Waals surface area (Å²) in [4.78, 5) is 16.2. The van der Waals surface area contributed by atoms with Crippen molar-refractivity contribution in [2.24, 2.45) is 0 Å². The summed E-state index contributed by atoms with van der Waals surface area (Å²) < 4.78 is 32.2. The van der Waals surface area contributed by atoms with Crippen LogP contribution in [0, 0.1) is 0 Å². The predicted octanol–water partition coefficient (Wildman–Crippen LogP) is 4.91. The lowest BCUT2D eigenvalue weighted by molar-refractivity contribution is -0.140. The molecule has 0 saturated carbocycles. The molecule has 5 rings (SSSR count). The highest BCUT2D eigenvalue weighted by Crippen LogP contribution is 2.76. The maximum absolute atomic E-state index is 14.5. The number of ether oxygens (including phenoxy) is 1. The minimum absolute atomic E-state index is 0.114. The number of esters is 1. The Bertz CT molecular complexity index is 1020. The number of carbonyl (C=O) groups is 1. The lowest BCUT2D eigenvalue weighted by Gasteiger charge is -2.44. The van der Waals surface area contributed by atoms with Crippen LogP contribution in [-0.2, 0) is 18.4 Å². The van der Waals surface area contributed by atoms with E-state index in [4.69, 9.17) is 13.8 Å². The summed E-state index contributed by atoms with van der Waals surface area (Å²) in [5.74, 6) is -0.340. The van der Waals surface area contributed by atoms with Crippen LogP contribution in [0.4, 0.5) is 0 Å². The normalized spacial score (nSPS) is 29.9. The van der Waals surface area contributed by atoms with E-state index in [1.54, 1.807) is 13.8 Å². The van der Waals surface area contributed by atoms with Crippen molar-refractivity contribution >= 4 is 13.6 Å². The Morgan fingerprint density at radius 1 is 1.06 bits per heavy atom. The zero-order chi connectivity index (χ0) is 21.6. The van der Waals surface area contributed by atoms with Gasteiger partial charge in [-0.3, -0.25) is 14.3 Å². The monoisotopic (exact) mass is 441 g/mol. The highest BCUT2D eigenvalue weighted by molar-refractivity contribution is 7.57. The molecule has 4 atom stereocenters. The van der Waals surface area contributed by atoms with Gasteiger partial charge in [0, 0.05) is 23.6 Å². The van der Waals surface area contributed by atoms with Gasteiger partial charge in [-0.1, -0.05) is 48.5 Å². The minimum Gasteiger partial charge on any atom is -0.425 e. The number of carbonyl (C=O) groups excluding carboxylic acids is 1. The van der Waals surface area contributed by atoms with Crippen LogP contribution in [0.1, 0.15) is 49.8 Å². The molecule has 0 spiro atoms. The van der Waals surface area contributed by atoms with Crippen LogP contribution in [0.2, 0.25) is 0 Å². The van der Waals surface area contributed by atoms with Crippen molar-refractivity contribution in [1.82, 2.24) is 4.90 Å². The van der Waals surface area contributed by atoms with Crippen LogP contribution in [0.25, 0.3) is 0 Å². The highest BCUT2D eigenvalue weighted by Gasteiger charge is 2.76. The standard InChI is InChI=1S/C24H28NO5P/c1-3-28-31(27,29-4-2)24-20-15-10-16-25(20)22(17-11-6-5-7-12-17)21(24)18-13-8-9-14-19(18)30-23(24)26/h5-9,11-14,20-22H,3-4,10,15-16H2,1-2H3/t20-,21+,22-,24+/m1/s1. The van der Waals surface area contributed by atoms with Crippen LogP contribution >= 0.6 is 7.60 Å². The molecule has 0 unspecified atom stereocenters. The van der Waals surface area contributed by atoms with Crippen molar-refractivity contribution in [3.05, 3.63) is 65.7 Å². The number of hydrogen-bond acceptors (Lipinski definition) is 6. The number of nitrogens with zero attached hydrogens (tertiary/aromatic N) is 1. The third kappa shape index (κ3) is 2.82. The van der Waals surface area contributed by atoms with E-state index in [0.29, 0.717) is 5.75 Å². The summed E-state index contributed by atoms with van der Waals surface area (Å²) in [6.07, 6.45) is 1.68. The molecule has 2 saturated heterocycles. The lowest BCUT2D eigenvalue weighted by Crippen LogP contribution is -2.55. The highest BCUT2D eigenvalue weighted by atomic mass is 31.2. The van der Waals surface area contributed by atoms with E-state index in [9.17, 15) is 9.36 Å². The molecule has 0 aliphatic carbocycles. The molecule has 7 heteroatoms. The first-order chi connectivity index (χ1) is 15.1. The quantitative estimate of drug-likeness (QED) is 0.360. The predicted molar refractivity (Wildman–Crippen MR) is 117 cm³/mol. The Labute approximate surface area is 183 Å². The summed E-state index contributed by atoms with van der Waals surface area (Å²) in [5, 5.41) is -1.40. The van der Waals surface area contributed by atoms with Crippen LogP contribution in [0.15, 0.2) is 54.6 Å². The maximum atomic E-state index is 14.5. The fourth-order valence-electron chi connectivity index (χ4n) is 6.01. The van der Waals surface area contributed by atoms with Gasteiger partial charge in [-0.25, -0.2) is 0 Å². The van der Waals surface area contributed by atoms with Crippen molar-refractivity contribution in [1.29, 1.82) is 0 Å². The first-order valence-electron chi connectivity index (χ1n) is 11.1. The van der Waals surface area contributed by atoms with Crippen molar-refractivity contribution < 1.29 is 23.1 Å². The third-order valence-corrected chi connectivity index (χ3v) is 9.79. The molecule has 0 N–H and O–H groups in total. The summed E-state index contributed by atoms with van der Waals surface area (Å²) in [7, 11) is -3.88. The zero-order valence-electron chi connectivity index (χ0n) is 17.9. The molecule has 3 aliphatic rings. The van der Waals surface area contributed by atoms with E-state index in [1.807, 2.05) is 42.5 Å². The number of benzene rings is 2. The van der Waals surface area contributed by atoms with Gasteiger partial charge in [-0.2, -0.15) is 0 Å². The molecule has 0 aromatic heterocycles. The van der Waals surface area contributed by atoms with Crippen LogP contribution in [-0.4, -0.2) is 41.8 Å². The first-order valence-corrected chi connectivity index (χ1v) is 12.6. The van der Waals surface area contributed by atoms with Gasteiger partial charge >= 0.3 is 13.6 Å². The second-order valence-electron chi connectivity index (χ2n) is 8.31. The van der Waals surface area contributed by atoms with Gasteiger partial charge in [0.2, 0.25) is 0 Å². The van der Waals surface area contributed by atoms with Gasteiger partial charge in [0.25, 0.3) is 0 Å². The maximum Gasteiger partial charge on any atom is 0.350 e. The molecular formula is C24H28NO5P. The summed E-state index contributed by atoms with van der Waals surface area (Å²) >= 11 is 0. The Balaban J connectivity index is 1.82. The molecule has 6 nitrogen and oxygen atoms in total. The van der Waals surface area contributed by atoms with Crippen LogP contribution < -0.4 is 4.74 Å². The molecule has 2 aromatic rings. The molecule has 0 bridgehead atoms. The average Bonchev–Trinajstić information content (AvgIpc) is 3.35. The van der Waals surface area contributed by atoms with Crippen molar-refractivity contribution in [2.45, 2.75) is 49.8 Å². The summed E-state index contributed by atoms with van der Waals surface area (Å²) in [5.41, 5.74) is 2.00. The van der Waals surface area contributed by atoms with E-state index in [2.05, 4.69) is 17.0 Å². The summed E-state index contributed by atoms with van der Waals surface area (Å²) in [6.45, 7) is 4.80. The van der Waals surface area contributed by atoms with Crippen molar-refractivity contribution in [3.8, 4) is 5.75 Å². The van der Waals surface area contributed by atoms with E-state index in [-0.39, 0.29) is 31.2 Å². The van der Waals surface area contributed by atoms with Gasteiger partial charge in [0.05, 0.1) is 13.2 Å². The van der Waals surface area contributed by atoms with Gasteiger partial charge in [-0.05, 0) is 44.9 Å². The average molecular weight is 441 g/mol. The number of para-hydroxylation sites is 1. The van der Waals surface area contributed by atoms with Crippen molar-refractivity contribution in [2.75, 3.05) is 19.8 Å². The molecule has 0 amide bonds. The lowest BCUT2D eigenvalue weighted by atomic mass is 9.76. The number of hydrogen-bond donors (Lipinski definition) is 0. The van der Waals surface area contributed by atoms with E-state index in [1.165, 1.54) is 0 Å². The molecule has 3 heterocycles. The SMILES string of the molecule is CCOP(=O)(OCC)[C@]12C(=O)Oc3ccccc3[C@H]1[C@@H](c1ccccc1)N1CCC[C@@H]12. The largest absolute Gasteiger partial charge is 0.425 e. The Morgan fingerprint density at radius 3 is 2.45 bits per heavy atom. The molecular weight excluding hydrogens is 413 g/mol. The van der Waals surface area contributed by atoms with E-state index in [0.717, 1.165) is 30.5 Å². The molecule has 164 valence electrons. The van der Waals surface area contributed by atoms with E-state index < -0.39 is 18.7 Å². The van der Waals surface area contributed by atoms with Crippen LogP contribution in [0.3, 0.4) is 0 Å². The fourth-order valence-corrected chi connectivity index (χ4v) is 8.72. The number of fused-ring (bicyclic) bond motifs is 5. The van der Waals surface area contributed by atoms with Gasteiger partial charge < -0.3 is 13.8 Å². The molecule has 3 aliphatic heterocycles. The third-order valence-electron chi connectivity index (χ3n) is 6.93. The van der Waals surface area contributed by atoms with Gasteiger partial charge in [0.15, 0.2) is 5.16 Å². The smallest absolute Gasteiger partial charge is 0.350 e. The Morgan fingerprint density at radius 2 is 1.74 bits per heavy atom. The molecule has 0 radical (unpaired) electrons. The molecule has 2 aromatic carbocycles.